The Kier molecular flexibility index (Phi) is 4.56. The van der Waals surface area contributed by atoms with E-state index in [0.717, 1.165) is 6.42 Å². The minimum absolute atomic E-state index is 0.338. The number of fused-ring (bicyclic) bond motifs is 1. The molecule has 0 aliphatic rings. The number of rotatable bonds is 4. The predicted molar refractivity (Wildman–Crippen MR) is 98.6 cm³/mol. The minimum atomic E-state index is 0.338. The van der Waals surface area contributed by atoms with Gasteiger partial charge in [0.2, 0.25) is 0 Å². The Hall–Kier alpha value is -1.39. The van der Waals surface area contributed by atoms with Gasteiger partial charge in [-0.25, -0.2) is 0 Å². The van der Waals surface area contributed by atoms with E-state index >= 15 is 0 Å². The molecule has 0 bridgehead atoms. The van der Waals surface area contributed by atoms with Gasteiger partial charge < -0.3 is 5.32 Å². The SMILES string of the molecule is CNC(Cc1cccc2ccccc12)c1cccc(I)c1. The van der Waals surface area contributed by atoms with E-state index in [0.29, 0.717) is 6.04 Å². The number of hydrogen-bond acceptors (Lipinski definition) is 1. The van der Waals surface area contributed by atoms with Crippen molar-refractivity contribution in [2.45, 2.75) is 12.5 Å². The van der Waals surface area contributed by atoms with Crippen molar-refractivity contribution in [2.24, 2.45) is 0 Å². The zero-order valence-corrected chi connectivity index (χ0v) is 14.2. The molecule has 0 radical (unpaired) electrons. The molecule has 1 atom stereocenters. The molecule has 0 aromatic heterocycles. The molecule has 2 heteroatoms. The molecule has 0 aliphatic heterocycles. The first-order valence-corrected chi connectivity index (χ1v) is 8.25. The largest absolute Gasteiger partial charge is 0.313 e. The fourth-order valence-electron chi connectivity index (χ4n) is 2.80. The van der Waals surface area contributed by atoms with Crippen molar-refractivity contribution in [3.05, 3.63) is 81.4 Å². The van der Waals surface area contributed by atoms with E-state index in [1.54, 1.807) is 0 Å². The molecule has 0 aliphatic carbocycles. The standard InChI is InChI=1S/C19H18IN/c1-21-19(16-9-5-10-17(20)12-16)13-15-8-4-7-14-6-2-3-11-18(14)15/h2-12,19,21H,13H2,1H3. The number of likely N-dealkylation sites (N-methyl/N-ethyl adjacent to an activating group) is 1. The summed E-state index contributed by atoms with van der Waals surface area (Å²) in [7, 11) is 2.04. The first-order chi connectivity index (χ1) is 10.3. The highest BCUT2D eigenvalue weighted by Gasteiger charge is 2.12. The van der Waals surface area contributed by atoms with Crippen LogP contribution in [0.2, 0.25) is 0 Å². The summed E-state index contributed by atoms with van der Waals surface area (Å²) in [6.07, 6.45) is 0.998. The third kappa shape index (κ3) is 3.27. The van der Waals surface area contributed by atoms with Crippen LogP contribution in [0.4, 0.5) is 0 Å². The molecule has 0 fully saturated rings. The zero-order chi connectivity index (χ0) is 14.7. The predicted octanol–water partition coefficient (Wildman–Crippen LogP) is 4.95. The van der Waals surface area contributed by atoms with E-state index in [9.17, 15) is 0 Å². The first kappa shape index (κ1) is 14.5. The van der Waals surface area contributed by atoms with Gasteiger partial charge in [-0.05, 0) is 70.1 Å². The fraction of sp³-hybridized carbons (Fsp3) is 0.158. The number of hydrogen-bond donors (Lipinski definition) is 1. The fourth-order valence-corrected chi connectivity index (χ4v) is 3.37. The third-order valence-corrected chi connectivity index (χ3v) is 4.57. The van der Waals surface area contributed by atoms with Gasteiger partial charge in [0.25, 0.3) is 0 Å². The van der Waals surface area contributed by atoms with Gasteiger partial charge in [0, 0.05) is 9.61 Å². The maximum Gasteiger partial charge on any atom is 0.0358 e. The van der Waals surface area contributed by atoms with Gasteiger partial charge in [-0.2, -0.15) is 0 Å². The molecule has 0 heterocycles. The van der Waals surface area contributed by atoms with Gasteiger partial charge >= 0.3 is 0 Å². The number of halogens is 1. The van der Waals surface area contributed by atoms with Gasteiger partial charge in [-0.1, -0.05) is 54.6 Å². The van der Waals surface area contributed by atoms with Gasteiger partial charge in [0.05, 0.1) is 0 Å². The zero-order valence-electron chi connectivity index (χ0n) is 12.0. The Morgan fingerprint density at radius 1 is 0.952 bits per heavy atom. The van der Waals surface area contributed by atoms with Crippen LogP contribution >= 0.6 is 22.6 Å². The molecule has 21 heavy (non-hydrogen) atoms. The third-order valence-electron chi connectivity index (χ3n) is 3.90. The van der Waals surface area contributed by atoms with Crippen LogP contribution in [-0.4, -0.2) is 7.05 Å². The molecular formula is C19H18IN. The summed E-state index contributed by atoms with van der Waals surface area (Å²) in [5.74, 6) is 0. The van der Waals surface area contributed by atoms with Crippen molar-refractivity contribution in [3.8, 4) is 0 Å². The summed E-state index contributed by atoms with van der Waals surface area (Å²) in [5.41, 5.74) is 2.74. The van der Waals surface area contributed by atoms with Crippen LogP contribution in [0.1, 0.15) is 17.2 Å². The van der Waals surface area contributed by atoms with Crippen LogP contribution in [0.3, 0.4) is 0 Å². The first-order valence-electron chi connectivity index (χ1n) is 7.17. The van der Waals surface area contributed by atoms with E-state index in [-0.39, 0.29) is 0 Å². The van der Waals surface area contributed by atoms with E-state index < -0.39 is 0 Å². The van der Waals surface area contributed by atoms with E-state index in [1.165, 1.54) is 25.5 Å². The highest BCUT2D eigenvalue weighted by Crippen LogP contribution is 2.25. The van der Waals surface area contributed by atoms with Crippen molar-refractivity contribution >= 4 is 33.4 Å². The average Bonchev–Trinajstić information content (AvgIpc) is 2.52. The highest BCUT2D eigenvalue weighted by atomic mass is 127. The monoisotopic (exact) mass is 387 g/mol. The molecule has 0 saturated carbocycles. The Bertz CT molecular complexity index is 746. The van der Waals surface area contributed by atoms with Crippen LogP contribution in [0.25, 0.3) is 10.8 Å². The number of nitrogens with one attached hydrogen (secondary N) is 1. The van der Waals surface area contributed by atoms with Crippen molar-refractivity contribution in [2.75, 3.05) is 7.05 Å². The molecule has 3 rings (SSSR count). The van der Waals surface area contributed by atoms with Crippen LogP contribution in [0.5, 0.6) is 0 Å². The number of benzene rings is 3. The molecule has 1 nitrogen and oxygen atoms in total. The molecule has 3 aromatic carbocycles. The summed E-state index contributed by atoms with van der Waals surface area (Å²) in [6, 6.07) is 24.2. The van der Waals surface area contributed by atoms with Gasteiger partial charge in [-0.3, -0.25) is 0 Å². The second-order valence-corrected chi connectivity index (χ2v) is 6.48. The maximum atomic E-state index is 3.46. The van der Waals surface area contributed by atoms with Gasteiger partial charge in [0.1, 0.15) is 0 Å². The lowest BCUT2D eigenvalue weighted by atomic mass is 9.95. The normalized spacial score (nSPS) is 12.5. The molecular weight excluding hydrogens is 369 g/mol. The summed E-state index contributed by atoms with van der Waals surface area (Å²) < 4.78 is 1.28. The smallest absolute Gasteiger partial charge is 0.0358 e. The molecule has 0 spiro atoms. The van der Waals surface area contributed by atoms with Crippen molar-refractivity contribution in [3.63, 3.8) is 0 Å². The van der Waals surface area contributed by atoms with E-state index in [1.807, 2.05) is 7.05 Å². The molecule has 106 valence electrons. The Labute approximate surface area is 139 Å². The van der Waals surface area contributed by atoms with E-state index in [4.69, 9.17) is 0 Å². The highest BCUT2D eigenvalue weighted by molar-refractivity contribution is 14.1. The van der Waals surface area contributed by atoms with Crippen molar-refractivity contribution in [1.82, 2.24) is 5.32 Å². The molecule has 1 N–H and O–H groups in total. The minimum Gasteiger partial charge on any atom is -0.313 e. The molecule has 0 saturated heterocycles. The Morgan fingerprint density at radius 2 is 1.71 bits per heavy atom. The van der Waals surface area contributed by atoms with Gasteiger partial charge in [0.15, 0.2) is 0 Å². The van der Waals surface area contributed by atoms with Crippen LogP contribution < -0.4 is 5.32 Å². The lowest BCUT2D eigenvalue weighted by Crippen LogP contribution is -2.19. The second kappa shape index (κ2) is 6.58. The van der Waals surface area contributed by atoms with E-state index in [2.05, 4.69) is 94.6 Å². The summed E-state index contributed by atoms with van der Waals surface area (Å²) in [4.78, 5) is 0. The second-order valence-electron chi connectivity index (χ2n) is 5.24. The molecule has 1 unspecified atom stereocenters. The van der Waals surface area contributed by atoms with Crippen molar-refractivity contribution < 1.29 is 0 Å². The van der Waals surface area contributed by atoms with Crippen LogP contribution in [-0.2, 0) is 6.42 Å². The summed E-state index contributed by atoms with van der Waals surface area (Å²) in [6.45, 7) is 0. The Morgan fingerprint density at radius 3 is 2.52 bits per heavy atom. The average molecular weight is 387 g/mol. The summed E-state index contributed by atoms with van der Waals surface area (Å²) in [5, 5.41) is 6.12. The van der Waals surface area contributed by atoms with Gasteiger partial charge in [-0.15, -0.1) is 0 Å². The van der Waals surface area contributed by atoms with Crippen molar-refractivity contribution in [1.29, 1.82) is 0 Å². The molecule has 3 aromatic rings. The maximum absolute atomic E-state index is 3.46. The quantitative estimate of drug-likeness (QED) is 0.625. The Balaban J connectivity index is 1.96. The van der Waals surface area contributed by atoms with Crippen LogP contribution in [0.15, 0.2) is 66.7 Å². The topological polar surface area (TPSA) is 12.0 Å². The lowest BCUT2D eigenvalue weighted by Gasteiger charge is -2.18. The molecule has 0 amide bonds. The summed E-state index contributed by atoms with van der Waals surface area (Å²) >= 11 is 2.37. The van der Waals surface area contributed by atoms with Crippen LogP contribution in [0, 0.1) is 3.57 Å². The lowest BCUT2D eigenvalue weighted by molar-refractivity contribution is 0.593.